The van der Waals surface area contributed by atoms with Gasteiger partial charge < -0.3 is 0 Å². The second-order valence-corrected chi connectivity index (χ2v) is 6.46. The van der Waals surface area contributed by atoms with Gasteiger partial charge in [-0.15, -0.1) is 0 Å². The van der Waals surface area contributed by atoms with Crippen LogP contribution in [0.2, 0.25) is 0 Å². The number of nitrogens with zero attached hydrogens (tertiary/aromatic N) is 3. The average molecular weight is 397 g/mol. The Balaban J connectivity index is 1.68. The standard InChI is InChI=1S/C19H17BrN4O/c1-14(16-6-8-18(20)9-7-16)22-23-19(25)17-5-2-4-15(12-17)13-24-11-3-10-21-24/h2-12H,13H2,1H3,(H,23,25)/b22-14-. The molecule has 0 bridgehead atoms. The highest BCUT2D eigenvalue weighted by molar-refractivity contribution is 9.10. The van der Waals surface area contributed by atoms with Gasteiger partial charge in [-0.3, -0.25) is 9.48 Å². The fraction of sp³-hybridized carbons (Fsp3) is 0.105. The quantitative estimate of drug-likeness (QED) is 0.525. The summed E-state index contributed by atoms with van der Waals surface area (Å²) in [6.45, 7) is 2.48. The van der Waals surface area contributed by atoms with Crippen molar-refractivity contribution in [3.8, 4) is 0 Å². The molecule has 1 heterocycles. The van der Waals surface area contributed by atoms with Crippen molar-refractivity contribution in [1.82, 2.24) is 15.2 Å². The van der Waals surface area contributed by atoms with E-state index in [-0.39, 0.29) is 5.91 Å². The Morgan fingerprint density at radius 3 is 2.68 bits per heavy atom. The number of benzene rings is 2. The number of nitrogens with one attached hydrogen (secondary N) is 1. The molecule has 0 saturated heterocycles. The van der Waals surface area contributed by atoms with Crippen LogP contribution in [0.25, 0.3) is 0 Å². The van der Waals surface area contributed by atoms with Gasteiger partial charge in [0.2, 0.25) is 0 Å². The van der Waals surface area contributed by atoms with Crippen molar-refractivity contribution < 1.29 is 4.79 Å². The molecule has 3 rings (SSSR count). The minimum absolute atomic E-state index is 0.237. The van der Waals surface area contributed by atoms with Crippen LogP contribution in [-0.2, 0) is 6.54 Å². The molecule has 126 valence electrons. The SMILES string of the molecule is C/C(=N/NC(=O)c1cccc(Cn2cccn2)c1)c1ccc(Br)cc1. The van der Waals surface area contributed by atoms with E-state index in [1.807, 2.05) is 66.3 Å². The van der Waals surface area contributed by atoms with Gasteiger partial charge in [0, 0.05) is 22.4 Å². The topological polar surface area (TPSA) is 59.3 Å². The molecule has 0 aliphatic heterocycles. The van der Waals surface area contributed by atoms with E-state index in [1.165, 1.54) is 0 Å². The maximum Gasteiger partial charge on any atom is 0.271 e. The third kappa shape index (κ3) is 4.64. The largest absolute Gasteiger partial charge is 0.271 e. The highest BCUT2D eigenvalue weighted by Crippen LogP contribution is 2.11. The lowest BCUT2D eigenvalue weighted by molar-refractivity contribution is 0.0954. The van der Waals surface area contributed by atoms with E-state index in [0.29, 0.717) is 12.1 Å². The van der Waals surface area contributed by atoms with Gasteiger partial charge in [-0.05, 0) is 48.4 Å². The molecule has 0 aliphatic carbocycles. The number of halogens is 1. The minimum Gasteiger partial charge on any atom is -0.268 e. The molecular formula is C19H17BrN4O. The summed E-state index contributed by atoms with van der Waals surface area (Å²) in [5, 5.41) is 8.37. The Kier molecular flexibility index (Phi) is 5.40. The molecule has 0 spiro atoms. The van der Waals surface area contributed by atoms with Crippen molar-refractivity contribution in [3.63, 3.8) is 0 Å². The predicted molar refractivity (Wildman–Crippen MR) is 102 cm³/mol. The van der Waals surface area contributed by atoms with Crippen LogP contribution in [0.3, 0.4) is 0 Å². The molecule has 6 heteroatoms. The Labute approximate surface area is 154 Å². The Bertz CT molecular complexity index is 886. The smallest absolute Gasteiger partial charge is 0.268 e. The number of hydrazone groups is 1. The van der Waals surface area contributed by atoms with Crippen LogP contribution < -0.4 is 5.43 Å². The maximum absolute atomic E-state index is 12.3. The van der Waals surface area contributed by atoms with E-state index in [2.05, 4.69) is 31.6 Å². The molecule has 25 heavy (non-hydrogen) atoms. The van der Waals surface area contributed by atoms with Crippen LogP contribution in [0, 0.1) is 0 Å². The Morgan fingerprint density at radius 1 is 1.16 bits per heavy atom. The molecule has 1 aromatic heterocycles. The van der Waals surface area contributed by atoms with Gasteiger partial charge in [-0.25, -0.2) is 5.43 Å². The lowest BCUT2D eigenvalue weighted by atomic mass is 10.1. The second kappa shape index (κ2) is 7.90. The number of amides is 1. The summed E-state index contributed by atoms with van der Waals surface area (Å²) in [5.74, 6) is -0.237. The summed E-state index contributed by atoms with van der Waals surface area (Å²) in [6.07, 6.45) is 3.62. The highest BCUT2D eigenvalue weighted by atomic mass is 79.9. The van der Waals surface area contributed by atoms with E-state index in [0.717, 1.165) is 21.3 Å². The van der Waals surface area contributed by atoms with Gasteiger partial charge >= 0.3 is 0 Å². The fourth-order valence-electron chi connectivity index (χ4n) is 2.35. The van der Waals surface area contributed by atoms with Crippen LogP contribution in [-0.4, -0.2) is 21.4 Å². The van der Waals surface area contributed by atoms with E-state index in [4.69, 9.17) is 0 Å². The average Bonchev–Trinajstić information content (AvgIpc) is 3.13. The molecule has 0 radical (unpaired) electrons. The van der Waals surface area contributed by atoms with Crippen LogP contribution in [0.4, 0.5) is 0 Å². The summed E-state index contributed by atoms with van der Waals surface area (Å²) < 4.78 is 2.81. The van der Waals surface area contributed by atoms with Crippen molar-refractivity contribution in [2.45, 2.75) is 13.5 Å². The first kappa shape index (κ1) is 17.1. The normalized spacial score (nSPS) is 11.4. The van der Waals surface area contributed by atoms with E-state index >= 15 is 0 Å². The van der Waals surface area contributed by atoms with E-state index in [1.54, 1.807) is 12.3 Å². The number of rotatable bonds is 5. The molecule has 0 unspecified atom stereocenters. The first-order valence-electron chi connectivity index (χ1n) is 7.79. The Hall–Kier alpha value is -2.73. The molecule has 0 aliphatic rings. The third-order valence-electron chi connectivity index (χ3n) is 3.68. The molecule has 3 aromatic rings. The summed E-state index contributed by atoms with van der Waals surface area (Å²) >= 11 is 3.40. The molecular weight excluding hydrogens is 380 g/mol. The molecule has 1 N–H and O–H groups in total. The van der Waals surface area contributed by atoms with Crippen LogP contribution in [0.15, 0.2) is 76.6 Å². The fourth-order valence-corrected chi connectivity index (χ4v) is 2.61. The van der Waals surface area contributed by atoms with Crippen molar-refractivity contribution in [3.05, 3.63) is 88.2 Å². The van der Waals surface area contributed by atoms with Gasteiger partial charge in [0.15, 0.2) is 0 Å². The number of aromatic nitrogens is 2. The first-order chi connectivity index (χ1) is 12.1. The first-order valence-corrected chi connectivity index (χ1v) is 8.58. The zero-order valence-corrected chi connectivity index (χ0v) is 15.3. The molecule has 0 atom stereocenters. The van der Waals surface area contributed by atoms with Gasteiger partial charge in [0.25, 0.3) is 5.91 Å². The van der Waals surface area contributed by atoms with Crippen LogP contribution in [0.5, 0.6) is 0 Å². The number of hydrogen-bond acceptors (Lipinski definition) is 3. The minimum atomic E-state index is -0.237. The lowest BCUT2D eigenvalue weighted by Gasteiger charge is -2.06. The van der Waals surface area contributed by atoms with Crippen molar-refractivity contribution in [2.75, 3.05) is 0 Å². The van der Waals surface area contributed by atoms with Crippen molar-refractivity contribution in [1.29, 1.82) is 0 Å². The number of carbonyl (C=O) groups excluding carboxylic acids is 1. The van der Waals surface area contributed by atoms with Crippen LogP contribution >= 0.6 is 15.9 Å². The Morgan fingerprint density at radius 2 is 1.96 bits per heavy atom. The van der Waals surface area contributed by atoms with Crippen LogP contribution in [0.1, 0.15) is 28.4 Å². The van der Waals surface area contributed by atoms with Gasteiger partial charge in [0.05, 0.1) is 12.3 Å². The second-order valence-electron chi connectivity index (χ2n) is 5.55. The summed E-state index contributed by atoms with van der Waals surface area (Å²) in [4.78, 5) is 12.3. The number of carbonyl (C=O) groups is 1. The van der Waals surface area contributed by atoms with E-state index < -0.39 is 0 Å². The van der Waals surface area contributed by atoms with Gasteiger partial charge in [-0.2, -0.15) is 10.2 Å². The highest BCUT2D eigenvalue weighted by Gasteiger charge is 2.06. The van der Waals surface area contributed by atoms with Crippen molar-refractivity contribution >= 4 is 27.5 Å². The van der Waals surface area contributed by atoms with Gasteiger partial charge in [0.1, 0.15) is 0 Å². The maximum atomic E-state index is 12.3. The number of hydrogen-bond donors (Lipinski definition) is 1. The molecule has 0 fully saturated rings. The van der Waals surface area contributed by atoms with Gasteiger partial charge in [-0.1, -0.05) is 40.2 Å². The summed E-state index contributed by atoms with van der Waals surface area (Å²) in [5.41, 5.74) is 5.88. The molecule has 2 aromatic carbocycles. The molecule has 5 nitrogen and oxygen atoms in total. The lowest BCUT2D eigenvalue weighted by Crippen LogP contribution is -2.19. The predicted octanol–water partition coefficient (Wildman–Crippen LogP) is 3.85. The zero-order valence-electron chi connectivity index (χ0n) is 13.7. The summed E-state index contributed by atoms with van der Waals surface area (Å²) in [7, 11) is 0. The molecule has 1 amide bonds. The van der Waals surface area contributed by atoms with Crippen molar-refractivity contribution in [2.24, 2.45) is 5.10 Å². The molecule has 0 saturated carbocycles. The summed E-state index contributed by atoms with van der Waals surface area (Å²) in [6, 6.07) is 17.1. The zero-order chi connectivity index (χ0) is 17.6. The van der Waals surface area contributed by atoms with E-state index in [9.17, 15) is 4.79 Å². The monoisotopic (exact) mass is 396 g/mol. The third-order valence-corrected chi connectivity index (χ3v) is 4.21.